The molecule has 3 atom stereocenters. The number of rotatable bonds is 19. The zero-order valence-electron chi connectivity index (χ0n) is 28.4. The number of hydrogen-bond donors (Lipinski definition) is 3. The van der Waals surface area contributed by atoms with Crippen molar-refractivity contribution in [3.05, 3.63) is 86.4 Å². The van der Waals surface area contributed by atoms with Crippen LogP contribution in [-0.2, 0) is 38.8 Å². The van der Waals surface area contributed by atoms with Crippen LogP contribution in [0.15, 0.2) is 42.5 Å². The second-order valence-corrected chi connectivity index (χ2v) is 15.7. The van der Waals surface area contributed by atoms with Gasteiger partial charge in [-0.05, 0) is 68.4 Å². The Morgan fingerprint density at radius 2 is 1.62 bits per heavy atom. The number of nitrogens with zero attached hydrogens (tertiary/aromatic N) is 1. The SMILES string of the molecule is CCCC(CCC)S(=O)(=O)CC(NC(=O)c1sc(C)nc1C)C(=O)O[C@H](CNCc1cccc(CC)c1)[C@@H](N)Cc1cc(F)cc(F)c1. The molecule has 0 fully saturated rings. The van der Waals surface area contributed by atoms with E-state index in [0.717, 1.165) is 47.1 Å². The predicted octanol–water partition coefficient (Wildman–Crippen LogP) is 5.35. The number of nitrogens with one attached hydrogen (secondary N) is 2. The number of thiazole rings is 1. The summed E-state index contributed by atoms with van der Waals surface area (Å²) in [6.07, 6.45) is 1.87. The van der Waals surface area contributed by atoms with Gasteiger partial charge in [0.15, 0.2) is 9.84 Å². The third kappa shape index (κ3) is 11.7. The van der Waals surface area contributed by atoms with Crippen molar-refractivity contribution in [3.63, 3.8) is 0 Å². The second-order valence-electron chi connectivity index (χ2n) is 12.1. The van der Waals surface area contributed by atoms with Crippen molar-refractivity contribution in [2.75, 3.05) is 12.3 Å². The summed E-state index contributed by atoms with van der Waals surface area (Å²) in [7, 11) is -3.86. The monoisotopic (exact) mass is 706 g/mol. The van der Waals surface area contributed by atoms with Crippen LogP contribution in [0.5, 0.6) is 0 Å². The molecule has 1 unspecified atom stereocenters. The molecule has 0 saturated carbocycles. The fourth-order valence-electron chi connectivity index (χ4n) is 5.61. The molecule has 2 aromatic carbocycles. The molecular formula is C35H48F2N4O5S2. The van der Waals surface area contributed by atoms with E-state index in [1.54, 1.807) is 13.8 Å². The Bertz CT molecular complexity index is 1610. The fourth-order valence-corrected chi connectivity index (χ4v) is 8.58. The molecule has 264 valence electrons. The molecule has 1 amide bonds. The molecule has 48 heavy (non-hydrogen) atoms. The lowest BCUT2D eigenvalue weighted by Gasteiger charge is -2.28. The largest absolute Gasteiger partial charge is 0.458 e. The summed E-state index contributed by atoms with van der Waals surface area (Å²) in [5, 5.41) is 5.81. The van der Waals surface area contributed by atoms with E-state index >= 15 is 0 Å². The van der Waals surface area contributed by atoms with Crippen LogP contribution in [-0.4, -0.2) is 61.0 Å². The van der Waals surface area contributed by atoms with E-state index in [2.05, 4.69) is 22.5 Å². The zero-order valence-corrected chi connectivity index (χ0v) is 30.0. The number of aromatic nitrogens is 1. The first-order chi connectivity index (χ1) is 22.8. The second kappa shape index (κ2) is 18.5. The maximum atomic E-state index is 14.0. The van der Waals surface area contributed by atoms with Gasteiger partial charge in [-0.1, -0.05) is 57.9 Å². The molecule has 3 rings (SSSR count). The van der Waals surface area contributed by atoms with Crippen LogP contribution in [0.1, 0.15) is 83.5 Å². The molecule has 0 aliphatic rings. The van der Waals surface area contributed by atoms with Gasteiger partial charge in [-0.2, -0.15) is 0 Å². The summed E-state index contributed by atoms with van der Waals surface area (Å²) in [5.41, 5.74) is 9.38. The average Bonchev–Trinajstić information content (AvgIpc) is 3.37. The third-order valence-corrected chi connectivity index (χ3v) is 11.4. The number of halogens is 2. The molecule has 3 aromatic rings. The van der Waals surface area contributed by atoms with Crippen molar-refractivity contribution >= 4 is 33.1 Å². The quantitative estimate of drug-likeness (QED) is 0.142. The van der Waals surface area contributed by atoms with E-state index < -0.39 is 62.5 Å². The zero-order chi connectivity index (χ0) is 35.4. The van der Waals surface area contributed by atoms with E-state index in [1.165, 1.54) is 0 Å². The number of sulfone groups is 1. The van der Waals surface area contributed by atoms with Crippen LogP contribution in [0.25, 0.3) is 0 Å². The predicted molar refractivity (Wildman–Crippen MR) is 186 cm³/mol. The van der Waals surface area contributed by atoms with Crippen LogP contribution < -0.4 is 16.4 Å². The number of benzene rings is 2. The Morgan fingerprint density at radius 3 is 2.21 bits per heavy atom. The number of ether oxygens (including phenoxy) is 1. The van der Waals surface area contributed by atoms with E-state index in [0.29, 0.717) is 42.9 Å². The lowest BCUT2D eigenvalue weighted by atomic mass is 10.0. The first-order valence-electron chi connectivity index (χ1n) is 16.4. The van der Waals surface area contributed by atoms with Gasteiger partial charge in [-0.25, -0.2) is 27.0 Å². The van der Waals surface area contributed by atoms with E-state index in [4.69, 9.17) is 10.5 Å². The number of nitrogens with two attached hydrogens (primary N) is 1. The highest BCUT2D eigenvalue weighted by Crippen LogP contribution is 2.20. The lowest BCUT2D eigenvalue weighted by molar-refractivity contribution is -0.151. The van der Waals surface area contributed by atoms with Crippen molar-refractivity contribution in [2.24, 2.45) is 5.73 Å². The van der Waals surface area contributed by atoms with Gasteiger partial charge in [0, 0.05) is 25.2 Å². The Labute approximate surface area is 287 Å². The number of esters is 1. The van der Waals surface area contributed by atoms with Gasteiger partial charge < -0.3 is 21.1 Å². The van der Waals surface area contributed by atoms with Crippen molar-refractivity contribution in [2.45, 2.75) is 103 Å². The number of amides is 1. The van der Waals surface area contributed by atoms with Crippen LogP contribution in [0.4, 0.5) is 8.78 Å². The molecule has 0 saturated heterocycles. The fraction of sp³-hybridized carbons (Fsp3) is 0.514. The van der Waals surface area contributed by atoms with Gasteiger partial charge in [0.05, 0.1) is 21.7 Å². The molecule has 0 spiro atoms. The topological polar surface area (TPSA) is 140 Å². The summed E-state index contributed by atoms with van der Waals surface area (Å²) >= 11 is 1.13. The number of aryl methyl sites for hydroxylation is 3. The van der Waals surface area contributed by atoms with Crippen LogP contribution in [0.2, 0.25) is 0 Å². The molecule has 0 radical (unpaired) electrons. The van der Waals surface area contributed by atoms with Gasteiger partial charge >= 0.3 is 5.97 Å². The summed E-state index contributed by atoms with van der Waals surface area (Å²) in [6, 6.07) is 8.55. The third-order valence-electron chi connectivity index (χ3n) is 8.04. The van der Waals surface area contributed by atoms with Crippen molar-refractivity contribution in [3.8, 4) is 0 Å². The summed E-state index contributed by atoms with van der Waals surface area (Å²) in [4.78, 5) is 31.8. The van der Waals surface area contributed by atoms with Crippen molar-refractivity contribution < 1.29 is 31.5 Å². The molecule has 9 nitrogen and oxygen atoms in total. The Kier molecular flexibility index (Phi) is 15.1. The van der Waals surface area contributed by atoms with Crippen LogP contribution in [0, 0.1) is 25.5 Å². The van der Waals surface area contributed by atoms with Gasteiger partial charge in [-0.3, -0.25) is 4.79 Å². The highest BCUT2D eigenvalue weighted by atomic mass is 32.2. The van der Waals surface area contributed by atoms with Gasteiger partial charge in [0.1, 0.15) is 28.7 Å². The maximum absolute atomic E-state index is 14.0. The molecule has 13 heteroatoms. The molecule has 0 bridgehead atoms. The van der Waals surface area contributed by atoms with Crippen LogP contribution in [0.3, 0.4) is 0 Å². The Balaban J connectivity index is 1.90. The highest BCUT2D eigenvalue weighted by molar-refractivity contribution is 7.92. The lowest BCUT2D eigenvalue weighted by Crippen LogP contribution is -2.52. The summed E-state index contributed by atoms with van der Waals surface area (Å²) in [6.45, 7) is 9.70. The normalized spacial score (nSPS) is 13.7. The minimum absolute atomic E-state index is 0.0383. The average molecular weight is 707 g/mol. The summed E-state index contributed by atoms with van der Waals surface area (Å²) < 4.78 is 61.2. The number of carbonyl (C=O) groups excluding carboxylic acids is 2. The van der Waals surface area contributed by atoms with Gasteiger partial charge in [0.25, 0.3) is 5.91 Å². The first kappa shape index (κ1) is 39.2. The molecule has 1 aromatic heterocycles. The maximum Gasteiger partial charge on any atom is 0.330 e. The van der Waals surface area contributed by atoms with Crippen molar-refractivity contribution in [1.29, 1.82) is 0 Å². The van der Waals surface area contributed by atoms with E-state index in [9.17, 15) is 26.8 Å². The Morgan fingerprint density at radius 1 is 0.979 bits per heavy atom. The van der Waals surface area contributed by atoms with E-state index in [1.807, 2.05) is 38.1 Å². The molecular weight excluding hydrogens is 659 g/mol. The summed E-state index contributed by atoms with van der Waals surface area (Å²) in [5.74, 6) is -3.81. The van der Waals surface area contributed by atoms with Gasteiger partial charge in [0.2, 0.25) is 0 Å². The van der Waals surface area contributed by atoms with Crippen LogP contribution >= 0.6 is 11.3 Å². The standard InChI is InChI=1S/C35H48F2N4O5S2/c1-6-10-29(11-7-2)48(44,45)21-31(41-34(42)33-22(4)40-23(5)47-33)35(43)46-32(20-39-19-25-13-9-12-24(8-3)14-25)30(38)17-26-15-27(36)18-28(37)16-26/h9,12-16,18,29-32,39H,6-8,10-11,17,19-21,38H2,1-5H3,(H,41,42)/t30-,31?,32+/m0/s1. The smallest absolute Gasteiger partial charge is 0.330 e. The molecule has 0 aliphatic heterocycles. The minimum Gasteiger partial charge on any atom is -0.458 e. The highest BCUT2D eigenvalue weighted by Gasteiger charge is 2.36. The number of carbonyl (C=O) groups is 2. The van der Waals surface area contributed by atoms with E-state index in [-0.39, 0.29) is 23.4 Å². The van der Waals surface area contributed by atoms with Crippen molar-refractivity contribution in [1.82, 2.24) is 15.6 Å². The molecule has 0 aliphatic carbocycles. The minimum atomic E-state index is -3.86. The molecule has 1 heterocycles. The Hall–Kier alpha value is -3.26. The molecule has 4 N–H and O–H groups in total. The number of hydrogen-bond acceptors (Lipinski definition) is 9. The van der Waals surface area contributed by atoms with Gasteiger partial charge in [-0.15, -0.1) is 11.3 Å². The first-order valence-corrected chi connectivity index (χ1v) is 18.9.